The van der Waals surface area contributed by atoms with Crippen molar-refractivity contribution in [1.82, 2.24) is 10.2 Å². The van der Waals surface area contributed by atoms with Crippen LogP contribution in [0.2, 0.25) is 0 Å². The maximum absolute atomic E-state index is 3.48. The van der Waals surface area contributed by atoms with Gasteiger partial charge in [0.15, 0.2) is 0 Å². The second-order valence-corrected chi connectivity index (χ2v) is 6.66. The molecule has 1 aromatic carbocycles. The molecule has 1 aromatic rings. The van der Waals surface area contributed by atoms with Crippen LogP contribution in [0, 0.1) is 5.41 Å². The summed E-state index contributed by atoms with van der Waals surface area (Å²) in [7, 11) is 0. The third-order valence-corrected chi connectivity index (χ3v) is 4.91. The van der Waals surface area contributed by atoms with E-state index in [4.69, 9.17) is 0 Å². The Morgan fingerprint density at radius 1 is 1.00 bits per heavy atom. The zero-order valence-corrected chi connectivity index (χ0v) is 12.6. The lowest BCUT2D eigenvalue weighted by Crippen LogP contribution is -2.51. The molecule has 0 bridgehead atoms. The van der Waals surface area contributed by atoms with Gasteiger partial charge < -0.3 is 10.2 Å². The van der Waals surface area contributed by atoms with E-state index in [1.807, 2.05) is 0 Å². The quantitative estimate of drug-likeness (QED) is 0.911. The summed E-state index contributed by atoms with van der Waals surface area (Å²) in [6.07, 6.45) is 2.65. The first kappa shape index (κ1) is 13.9. The van der Waals surface area contributed by atoms with Crippen molar-refractivity contribution in [3.05, 3.63) is 30.3 Å². The van der Waals surface area contributed by atoms with Gasteiger partial charge >= 0.3 is 0 Å². The third-order valence-electron chi connectivity index (χ3n) is 4.91. The number of nitrogens with one attached hydrogen (secondary N) is 1. The topological polar surface area (TPSA) is 18.5 Å². The molecule has 3 nitrogen and oxygen atoms in total. The molecule has 2 fully saturated rings. The molecule has 2 heterocycles. The summed E-state index contributed by atoms with van der Waals surface area (Å²) in [4.78, 5) is 5.19. The highest BCUT2D eigenvalue weighted by molar-refractivity contribution is 5.46. The van der Waals surface area contributed by atoms with Gasteiger partial charge in [-0.05, 0) is 43.5 Å². The normalized spacial score (nSPS) is 23.8. The van der Waals surface area contributed by atoms with Gasteiger partial charge in [0, 0.05) is 38.4 Å². The molecule has 110 valence electrons. The van der Waals surface area contributed by atoms with Gasteiger partial charge in [0.1, 0.15) is 0 Å². The fourth-order valence-electron chi connectivity index (χ4n) is 3.53. The Bertz CT molecular complexity index is 404. The van der Waals surface area contributed by atoms with E-state index < -0.39 is 0 Å². The minimum Gasteiger partial charge on any atom is -0.369 e. The minimum atomic E-state index is 0.528. The zero-order chi connectivity index (χ0) is 13.8. The van der Waals surface area contributed by atoms with Gasteiger partial charge in [-0.3, -0.25) is 4.90 Å². The van der Waals surface area contributed by atoms with Crippen molar-refractivity contribution in [2.24, 2.45) is 5.41 Å². The standard InChI is InChI=1S/C17H27N3/c1-17(7-9-18-10-8-17)15-19-11-13-20(14-12-19)16-5-3-2-4-6-16/h2-6,18H,7-15H2,1H3. The molecule has 2 aliphatic rings. The number of para-hydroxylation sites is 1. The molecule has 0 atom stereocenters. The predicted molar refractivity (Wildman–Crippen MR) is 85.3 cm³/mol. The second-order valence-electron chi connectivity index (χ2n) is 6.66. The lowest BCUT2D eigenvalue weighted by atomic mass is 9.80. The van der Waals surface area contributed by atoms with E-state index >= 15 is 0 Å². The molecule has 0 saturated carbocycles. The van der Waals surface area contributed by atoms with E-state index in [-0.39, 0.29) is 0 Å². The van der Waals surface area contributed by atoms with Crippen molar-refractivity contribution in [2.45, 2.75) is 19.8 Å². The van der Waals surface area contributed by atoms with Crippen LogP contribution in [0.15, 0.2) is 30.3 Å². The fraction of sp³-hybridized carbons (Fsp3) is 0.647. The maximum atomic E-state index is 3.48. The van der Waals surface area contributed by atoms with Gasteiger partial charge in [-0.1, -0.05) is 25.1 Å². The molecule has 0 aliphatic carbocycles. The van der Waals surface area contributed by atoms with Gasteiger partial charge in [-0.2, -0.15) is 0 Å². The van der Waals surface area contributed by atoms with Crippen molar-refractivity contribution in [2.75, 3.05) is 50.7 Å². The van der Waals surface area contributed by atoms with Gasteiger partial charge in [0.25, 0.3) is 0 Å². The average molecular weight is 273 g/mol. The van der Waals surface area contributed by atoms with Gasteiger partial charge in [-0.25, -0.2) is 0 Å². The van der Waals surface area contributed by atoms with E-state index in [9.17, 15) is 0 Å². The van der Waals surface area contributed by atoms with Crippen molar-refractivity contribution < 1.29 is 0 Å². The fourth-order valence-corrected chi connectivity index (χ4v) is 3.53. The van der Waals surface area contributed by atoms with Gasteiger partial charge in [0.05, 0.1) is 0 Å². The van der Waals surface area contributed by atoms with Crippen LogP contribution in [0.3, 0.4) is 0 Å². The molecule has 3 rings (SSSR count). The molecule has 3 heteroatoms. The van der Waals surface area contributed by atoms with Crippen LogP contribution in [-0.2, 0) is 0 Å². The Balaban J connectivity index is 1.51. The predicted octanol–water partition coefficient (Wildman–Crippen LogP) is 2.20. The minimum absolute atomic E-state index is 0.528. The smallest absolute Gasteiger partial charge is 0.0367 e. The number of nitrogens with zero attached hydrogens (tertiary/aromatic N) is 2. The SMILES string of the molecule is CC1(CN2CCN(c3ccccc3)CC2)CCNCC1. The zero-order valence-electron chi connectivity index (χ0n) is 12.6. The molecule has 0 amide bonds. The molecule has 2 aliphatic heterocycles. The summed E-state index contributed by atoms with van der Waals surface area (Å²) in [6.45, 7) is 10.9. The van der Waals surface area contributed by atoms with Gasteiger partial charge in [-0.15, -0.1) is 0 Å². The molecule has 2 saturated heterocycles. The number of piperidine rings is 1. The van der Waals surface area contributed by atoms with E-state index in [0.717, 1.165) is 0 Å². The first-order chi connectivity index (χ1) is 9.75. The lowest BCUT2D eigenvalue weighted by molar-refractivity contribution is 0.123. The monoisotopic (exact) mass is 273 g/mol. The molecular formula is C17H27N3. The second kappa shape index (κ2) is 6.15. The number of hydrogen-bond donors (Lipinski definition) is 1. The van der Waals surface area contributed by atoms with Gasteiger partial charge in [0.2, 0.25) is 0 Å². The largest absolute Gasteiger partial charge is 0.369 e. The first-order valence-corrected chi connectivity index (χ1v) is 7.98. The van der Waals surface area contributed by atoms with Crippen molar-refractivity contribution in [3.8, 4) is 0 Å². The highest BCUT2D eigenvalue weighted by Gasteiger charge is 2.30. The van der Waals surface area contributed by atoms with Crippen LogP contribution < -0.4 is 10.2 Å². The van der Waals surface area contributed by atoms with Crippen LogP contribution in [-0.4, -0.2) is 50.7 Å². The molecule has 1 N–H and O–H groups in total. The van der Waals surface area contributed by atoms with E-state index in [2.05, 4.69) is 52.4 Å². The van der Waals surface area contributed by atoms with Crippen LogP contribution in [0.5, 0.6) is 0 Å². The van der Waals surface area contributed by atoms with E-state index in [1.165, 1.54) is 64.3 Å². The van der Waals surface area contributed by atoms with E-state index in [1.54, 1.807) is 0 Å². The number of hydrogen-bond acceptors (Lipinski definition) is 3. The Morgan fingerprint density at radius 2 is 1.65 bits per heavy atom. The van der Waals surface area contributed by atoms with Crippen molar-refractivity contribution in [3.63, 3.8) is 0 Å². The Kier molecular flexibility index (Phi) is 4.27. The summed E-state index contributed by atoms with van der Waals surface area (Å²) in [5, 5.41) is 3.48. The Labute approximate surface area is 123 Å². The molecule has 0 spiro atoms. The first-order valence-electron chi connectivity index (χ1n) is 7.98. The number of piperazine rings is 1. The summed E-state index contributed by atoms with van der Waals surface area (Å²) < 4.78 is 0. The van der Waals surface area contributed by atoms with E-state index in [0.29, 0.717) is 5.41 Å². The lowest BCUT2D eigenvalue weighted by Gasteiger charge is -2.42. The number of rotatable bonds is 3. The molecule has 0 unspecified atom stereocenters. The third kappa shape index (κ3) is 3.33. The highest BCUT2D eigenvalue weighted by atomic mass is 15.3. The van der Waals surface area contributed by atoms with Crippen molar-refractivity contribution in [1.29, 1.82) is 0 Å². The highest BCUT2D eigenvalue weighted by Crippen LogP contribution is 2.29. The summed E-state index contributed by atoms with van der Waals surface area (Å²) in [6, 6.07) is 10.8. The summed E-state index contributed by atoms with van der Waals surface area (Å²) in [5.41, 5.74) is 1.90. The Hall–Kier alpha value is -1.06. The number of anilines is 1. The van der Waals surface area contributed by atoms with Crippen LogP contribution in [0.1, 0.15) is 19.8 Å². The average Bonchev–Trinajstić information content (AvgIpc) is 2.49. The van der Waals surface area contributed by atoms with Crippen LogP contribution in [0.4, 0.5) is 5.69 Å². The van der Waals surface area contributed by atoms with Crippen molar-refractivity contribution >= 4 is 5.69 Å². The maximum Gasteiger partial charge on any atom is 0.0367 e. The number of benzene rings is 1. The molecule has 0 radical (unpaired) electrons. The van der Waals surface area contributed by atoms with Crippen LogP contribution in [0.25, 0.3) is 0 Å². The molecule has 20 heavy (non-hydrogen) atoms. The van der Waals surface area contributed by atoms with Crippen LogP contribution >= 0.6 is 0 Å². The molecular weight excluding hydrogens is 246 g/mol. The summed E-state index contributed by atoms with van der Waals surface area (Å²) in [5.74, 6) is 0. The Morgan fingerprint density at radius 3 is 2.30 bits per heavy atom. The summed E-state index contributed by atoms with van der Waals surface area (Å²) >= 11 is 0. The molecule has 0 aromatic heterocycles.